The number of carbonyl (C=O) groups excluding carboxylic acids is 4. The monoisotopic (exact) mass is 212 g/mol. The molecule has 0 saturated heterocycles. The van der Waals surface area contributed by atoms with E-state index in [4.69, 9.17) is 0 Å². The topological polar surface area (TPSA) is 68.3 Å². The van der Waals surface area contributed by atoms with Crippen molar-refractivity contribution in [2.24, 2.45) is 11.8 Å². The average Bonchev–Trinajstić information content (AvgIpc) is 2.17. The molecule has 15 heavy (non-hydrogen) atoms. The third-order valence-corrected chi connectivity index (χ3v) is 2.20. The second-order valence-corrected chi connectivity index (χ2v) is 3.80. The van der Waals surface area contributed by atoms with Crippen molar-refractivity contribution in [1.29, 1.82) is 0 Å². The largest absolute Gasteiger partial charge is 0.303 e. The lowest BCUT2D eigenvalue weighted by Gasteiger charge is -2.08. The first kappa shape index (κ1) is 13.7. The Balaban J connectivity index is 4.14. The number of hydrogen-bond donors (Lipinski definition) is 0. The van der Waals surface area contributed by atoms with Gasteiger partial charge < -0.3 is 9.59 Å². The summed E-state index contributed by atoms with van der Waals surface area (Å²) in [4.78, 5) is 43.1. The zero-order valence-electron chi connectivity index (χ0n) is 9.06. The number of ketones is 2. The van der Waals surface area contributed by atoms with Gasteiger partial charge in [-0.2, -0.15) is 0 Å². The van der Waals surface area contributed by atoms with Crippen LogP contribution in [0.5, 0.6) is 0 Å². The van der Waals surface area contributed by atoms with E-state index in [0.717, 1.165) is 6.29 Å². The van der Waals surface area contributed by atoms with Crippen molar-refractivity contribution in [1.82, 2.24) is 0 Å². The van der Waals surface area contributed by atoms with Crippen molar-refractivity contribution in [3.8, 4) is 0 Å². The van der Waals surface area contributed by atoms with Gasteiger partial charge in [0.05, 0.1) is 0 Å². The Kier molecular flexibility index (Phi) is 6.42. The Labute approximate surface area is 89.0 Å². The van der Waals surface area contributed by atoms with E-state index < -0.39 is 17.5 Å². The van der Waals surface area contributed by atoms with Crippen LogP contribution in [-0.2, 0) is 19.2 Å². The quantitative estimate of drug-likeness (QED) is 0.444. The molecule has 0 bridgehead atoms. The smallest absolute Gasteiger partial charge is 0.201 e. The number of aldehydes is 2. The van der Waals surface area contributed by atoms with Crippen LogP contribution in [0.15, 0.2) is 0 Å². The van der Waals surface area contributed by atoms with Gasteiger partial charge in [-0.05, 0) is 5.92 Å². The lowest BCUT2D eigenvalue weighted by Crippen LogP contribution is -2.23. The predicted molar refractivity (Wildman–Crippen MR) is 54.3 cm³/mol. The number of rotatable bonds is 8. The standard InChI is InChI=1S/C11H16O4/c1-8(3-5-12)7-10(14)11(15)9(2)4-6-13/h5-6,8-9H,3-4,7H2,1-2H3. The molecule has 0 aromatic rings. The van der Waals surface area contributed by atoms with Crippen LogP contribution in [0.25, 0.3) is 0 Å². The predicted octanol–water partition coefficient (Wildman–Crippen LogP) is 0.965. The molecule has 0 radical (unpaired) electrons. The van der Waals surface area contributed by atoms with Gasteiger partial charge in [0.25, 0.3) is 0 Å². The molecule has 0 fully saturated rings. The highest BCUT2D eigenvalue weighted by Gasteiger charge is 2.22. The zero-order valence-corrected chi connectivity index (χ0v) is 9.06. The minimum Gasteiger partial charge on any atom is -0.303 e. The number of Topliss-reactive ketones (excluding diaryl/α,β-unsaturated/α-hetero) is 2. The van der Waals surface area contributed by atoms with Crippen LogP contribution >= 0.6 is 0 Å². The first-order valence-electron chi connectivity index (χ1n) is 4.97. The van der Waals surface area contributed by atoms with Crippen LogP contribution in [-0.4, -0.2) is 24.1 Å². The molecule has 0 N–H and O–H groups in total. The molecule has 0 aliphatic rings. The summed E-state index contributed by atoms with van der Waals surface area (Å²) in [5.41, 5.74) is 0. The van der Waals surface area contributed by atoms with Gasteiger partial charge in [-0.25, -0.2) is 0 Å². The van der Waals surface area contributed by atoms with E-state index in [0.29, 0.717) is 6.29 Å². The average molecular weight is 212 g/mol. The number of hydrogen-bond acceptors (Lipinski definition) is 4. The third-order valence-electron chi connectivity index (χ3n) is 2.20. The molecule has 84 valence electrons. The summed E-state index contributed by atoms with van der Waals surface area (Å²) in [6.45, 7) is 3.29. The molecule has 0 heterocycles. The van der Waals surface area contributed by atoms with E-state index in [1.165, 1.54) is 0 Å². The van der Waals surface area contributed by atoms with Crippen LogP contribution in [0.4, 0.5) is 0 Å². The van der Waals surface area contributed by atoms with E-state index in [2.05, 4.69) is 0 Å². The van der Waals surface area contributed by atoms with Gasteiger partial charge in [0.1, 0.15) is 12.6 Å². The molecule has 0 amide bonds. The first-order valence-corrected chi connectivity index (χ1v) is 4.97. The van der Waals surface area contributed by atoms with Crippen molar-refractivity contribution in [2.45, 2.75) is 33.1 Å². The Morgan fingerprint density at radius 3 is 2.07 bits per heavy atom. The molecule has 4 nitrogen and oxygen atoms in total. The van der Waals surface area contributed by atoms with Gasteiger partial charge >= 0.3 is 0 Å². The van der Waals surface area contributed by atoms with Gasteiger partial charge in [0.15, 0.2) is 5.78 Å². The fourth-order valence-electron chi connectivity index (χ4n) is 1.19. The second-order valence-electron chi connectivity index (χ2n) is 3.80. The van der Waals surface area contributed by atoms with Gasteiger partial charge in [-0.1, -0.05) is 13.8 Å². The Morgan fingerprint density at radius 1 is 1.07 bits per heavy atom. The molecule has 0 spiro atoms. The van der Waals surface area contributed by atoms with Gasteiger partial charge in [-0.15, -0.1) is 0 Å². The van der Waals surface area contributed by atoms with Gasteiger partial charge in [-0.3, -0.25) is 9.59 Å². The van der Waals surface area contributed by atoms with Crippen molar-refractivity contribution in [3.05, 3.63) is 0 Å². The Morgan fingerprint density at radius 2 is 1.60 bits per heavy atom. The molecule has 0 aliphatic heterocycles. The van der Waals surface area contributed by atoms with Crippen molar-refractivity contribution >= 4 is 24.1 Å². The lowest BCUT2D eigenvalue weighted by molar-refractivity contribution is -0.139. The van der Waals surface area contributed by atoms with Crippen LogP contribution < -0.4 is 0 Å². The van der Waals surface area contributed by atoms with Crippen molar-refractivity contribution in [3.63, 3.8) is 0 Å². The first-order chi connectivity index (χ1) is 7.02. The highest BCUT2D eigenvalue weighted by atomic mass is 16.2. The second kappa shape index (κ2) is 7.04. The molecule has 4 heteroatoms. The summed E-state index contributed by atoms with van der Waals surface area (Å²) >= 11 is 0. The Bertz CT molecular complexity index is 257. The van der Waals surface area contributed by atoms with E-state index >= 15 is 0 Å². The summed E-state index contributed by atoms with van der Waals surface area (Å²) in [7, 11) is 0. The van der Waals surface area contributed by atoms with Gasteiger partial charge in [0.2, 0.25) is 5.78 Å². The van der Waals surface area contributed by atoms with Crippen molar-refractivity contribution < 1.29 is 19.2 Å². The highest BCUT2D eigenvalue weighted by Crippen LogP contribution is 2.10. The molecule has 2 unspecified atom stereocenters. The maximum absolute atomic E-state index is 11.4. The molecule has 0 aromatic carbocycles. The van der Waals surface area contributed by atoms with Crippen LogP contribution in [0.3, 0.4) is 0 Å². The SMILES string of the molecule is CC(CC=O)CC(=O)C(=O)C(C)CC=O. The summed E-state index contributed by atoms with van der Waals surface area (Å²) in [6, 6.07) is 0. The molecular formula is C11H16O4. The summed E-state index contributed by atoms with van der Waals surface area (Å²) in [5.74, 6) is -1.65. The molecule has 0 rings (SSSR count). The maximum atomic E-state index is 11.4. The number of carbonyl (C=O) groups is 4. The summed E-state index contributed by atoms with van der Waals surface area (Å²) < 4.78 is 0. The fraction of sp³-hybridized carbons (Fsp3) is 0.636. The minimum absolute atomic E-state index is 0.0760. The normalized spacial score (nSPS) is 14.0. The third kappa shape index (κ3) is 5.20. The molecule has 0 aromatic heterocycles. The maximum Gasteiger partial charge on any atom is 0.201 e. The molecule has 2 atom stereocenters. The Hall–Kier alpha value is -1.32. The van der Waals surface area contributed by atoms with E-state index in [1.807, 2.05) is 0 Å². The van der Waals surface area contributed by atoms with E-state index in [-0.39, 0.29) is 25.2 Å². The summed E-state index contributed by atoms with van der Waals surface area (Å²) in [6.07, 6.45) is 1.80. The highest BCUT2D eigenvalue weighted by molar-refractivity contribution is 6.38. The van der Waals surface area contributed by atoms with Crippen LogP contribution in [0, 0.1) is 11.8 Å². The van der Waals surface area contributed by atoms with Gasteiger partial charge in [0, 0.05) is 25.2 Å². The minimum atomic E-state index is -0.543. The van der Waals surface area contributed by atoms with E-state index in [9.17, 15) is 19.2 Å². The molecular weight excluding hydrogens is 196 g/mol. The van der Waals surface area contributed by atoms with E-state index in [1.54, 1.807) is 13.8 Å². The summed E-state index contributed by atoms with van der Waals surface area (Å²) in [5, 5.41) is 0. The zero-order chi connectivity index (χ0) is 11.8. The molecule has 0 saturated carbocycles. The van der Waals surface area contributed by atoms with Crippen LogP contribution in [0.1, 0.15) is 33.1 Å². The molecule has 0 aliphatic carbocycles. The fourth-order valence-corrected chi connectivity index (χ4v) is 1.19. The van der Waals surface area contributed by atoms with Crippen molar-refractivity contribution in [2.75, 3.05) is 0 Å². The van der Waals surface area contributed by atoms with Crippen LogP contribution in [0.2, 0.25) is 0 Å². The lowest BCUT2D eigenvalue weighted by atomic mass is 9.93.